The first-order chi connectivity index (χ1) is 27.3. The third-order valence-corrected chi connectivity index (χ3v) is 11.4. The lowest BCUT2D eigenvalue weighted by Crippen LogP contribution is -2.00. The quantitative estimate of drug-likeness (QED) is 0.165. The Balaban J connectivity index is 1.28. The second kappa shape index (κ2) is 14.1. The molecule has 0 atom stereocenters. The van der Waals surface area contributed by atoms with Crippen molar-refractivity contribution in [2.75, 3.05) is 0 Å². The van der Waals surface area contributed by atoms with Gasteiger partial charge in [-0.3, -0.25) is 0 Å². The van der Waals surface area contributed by atoms with E-state index < -0.39 is 0 Å². The molecule has 4 heteroatoms. The Kier molecular flexibility index (Phi) is 8.36. The molecule has 0 aliphatic heterocycles. The van der Waals surface area contributed by atoms with E-state index in [4.69, 9.17) is 15.0 Å². The van der Waals surface area contributed by atoms with Crippen molar-refractivity contribution >= 4 is 31.5 Å². The number of thiophene rings is 1. The van der Waals surface area contributed by atoms with Gasteiger partial charge in [0.05, 0.1) is 0 Å². The Bertz CT molecular complexity index is 2870. The zero-order valence-electron chi connectivity index (χ0n) is 29.8. The molecule has 55 heavy (non-hydrogen) atoms. The molecule has 0 saturated heterocycles. The van der Waals surface area contributed by atoms with Crippen molar-refractivity contribution in [3.8, 4) is 78.7 Å². The fourth-order valence-electron chi connectivity index (χ4n) is 7.43. The van der Waals surface area contributed by atoms with Crippen LogP contribution >= 0.6 is 11.3 Å². The number of hydrogen-bond donors (Lipinski definition) is 0. The lowest BCUT2D eigenvalue weighted by Gasteiger charge is -2.12. The number of fused-ring (bicyclic) bond motifs is 3. The second-order valence-corrected chi connectivity index (χ2v) is 14.6. The number of hydrogen-bond acceptors (Lipinski definition) is 4. The average Bonchev–Trinajstić information content (AvgIpc) is 3.67. The van der Waals surface area contributed by atoms with E-state index in [-0.39, 0.29) is 0 Å². The molecule has 0 unspecified atom stereocenters. The lowest BCUT2D eigenvalue weighted by atomic mass is 9.93. The van der Waals surface area contributed by atoms with Crippen molar-refractivity contribution < 1.29 is 0 Å². The number of benzene rings is 8. The molecule has 0 spiro atoms. The predicted molar refractivity (Wildman–Crippen MR) is 231 cm³/mol. The molecule has 0 bridgehead atoms. The van der Waals surface area contributed by atoms with Crippen molar-refractivity contribution in [3.63, 3.8) is 0 Å². The van der Waals surface area contributed by atoms with Crippen molar-refractivity contribution in [1.29, 1.82) is 0 Å². The third kappa shape index (κ3) is 6.19. The number of rotatable bonds is 7. The van der Waals surface area contributed by atoms with Crippen molar-refractivity contribution in [2.45, 2.75) is 0 Å². The summed E-state index contributed by atoms with van der Waals surface area (Å²) in [5.41, 5.74) is 12.4. The summed E-state index contributed by atoms with van der Waals surface area (Å²) in [6.45, 7) is 0. The van der Waals surface area contributed by atoms with Crippen LogP contribution in [0.5, 0.6) is 0 Å². The minimum atomic E-state index is 0.646. The van der Waals surface area contributed by atoms with Crippen LogP contribution in [0.2, 0.25) is 0 Å². The van der Waals surface area contributed by atoms with Gasteiger partial charge in [0.15, 0.2) is 17.5 Å². The van der Waals surface area contributed by atoms with Gasteiger partial charge in [0.1, 0.15) is 0 Å². The Morgan fingerprint density at radius 3 is 1.22 bits per heavy atom. The summed E-state index contributed by atoms with van der Waals surface area (Å²) in [7, 11) is 0. The highest BCUT2D eigenvalue weighted by Gasteiger charge is 2.22. The van der Waals surface area contributed by atoms with E-state index in [9.17, 15) is 0 Å². The third-order valence-electron chi connectivity index (χ3n) is 10.2. The molecular weight excluding hydrogens is 687 g/mol. The van der Waals surface area contributed by atoms with Crippen LogP contribution in [-0.4, -0.2) is 15.0 Å². The second-order valence-electron chi connectivity index (χ2n) is 13.6. The van der Waals surface area contributed by atoms with E-state index in [1.807, 2.05) is 47.7 Å². The van der Waals surface area contributed by atoms with E-state index >= 15 is 0 Å². The summed E-state index contributed by atoms with van der Waals surface area (Å²) in [4.78, 5) is 15.5. The Labute approximate surface area is 323 Å². The van der Waals surface area contributed by atoms with E-state index in [0.717, 1.165) is 27.6 Å². The summed E-state index contributed by atoms with van der Waals surface area (Å²) in [5, 5.41) is 2.32. The molecule has 0 fully saturated rings. The van der Waals surface area contributed by atoms with Crippen molar-refractivity contribution in [3.05, 3.63) is 200 Å². The predicted octanol–water partition coefficient (Wildman–Crippen LogP) is 13.9. The monoisotopic (exact) mass is 719 g/mol. The van der Waals surface area contributed by atoms with E-state index in [1.54, 1.807) is 0 Å². The fraction of sp³-hybridized carbons (Fsp3) is 0. The Morgan fingerprint density at radius 1 is 0.273 bits per heavy atom. The molecule has 0 saturated carbocycles. The molecule has 10 rings (SSSR count). The molecule has 258 valence electrons. The van der Waals surface area contributed by atoms with Crippen LogP contribution in [-0.2, 0) is 0 Å². The van der Waals surface area contributed by atoms with Crippen LogP contribution in [0.25, 0.3) is 98.8 Å². The highest BCUT2D eigenvalue weighted by molar-refractivity contribution is 7.27. The van der Waals surface area contributed by atoms with Crippen LogP contribution in [0.15, 0.2) is 200 Å². The first kappa shape index (κ1) is 32.6. The molecule has 2 aromatic heterocycles. The Morgan fingerprint density at radius 2 is 0.673 bits per heavy atom. The van der Waals surface area contributed by atoms with Gasteiger partial charge in [0.2, 0.25) is 0 Å². The normalized spacial score (nSPS) is 11.3. The van der Waals surface area contributed by atoms with Crippen molar-refractivity contribution in [1.82, 2.24) is 15.0 Å². The smallest absolute Gasteiger partial charge is 0.164 e. The van der Waals surface area contributed by atoms with Gasteiger partial charge in [-0.1, -0.05) is 182 Å². The average molecular weight is 720 g/mol. The lowest BCUT2D eigenvalue weighted by molar-refractivity contribution is 1.08. The molecule has 8 aromatic carbocycles. The van der Waals surface area contributed by atoms with Gasteiger partial charge >= 0.3 is 0 Å². The summed E-state index contributed by atoms with van der Waals surface area (Å²) < 4.78 is 2.43. The van der Waals surface area contributed by atoms with Gasteiger partial charge in [0, 0.05) is 42.4 Å². The SMILES string of the molecule is c1ccc(-c2ccc(-c3ccc(-c4nc(-c5ccccc5)nc(-c5ccccc5)n4)c4c3sc3c(-c5ccccc5)cc(-c5ccccc5)cc34)cc2)cc1. The molecule has 0 amide bonds. The number of nitrogens with zero attached hydrogens (tertiary/aromatic N) is 3. The minimum Gasteiger partial charge on any atom is -0.208 e. The molecule has 10 aromatic rings. The van der Waals surface area contributed by atoms with E-state index in [2.05, 4.69) is 164 Å². The van der Waals surface area contributed by atoms with Crippen LogP contribution < -0.4 is 0 Å². The standard InChI is InChI=1S/C51H33N3S/c1-6-16-34(17-7-1)36-26-28-38(29-27-36)42-30-31-43(51-53-49(39-22-12-4-13-23-39)52-50(54-51)40-24-14-5-15-25-40)46-45-33-41(35-18-8-2-9-19-35)32-44(47(45)55-48(42)46)37-20-10-3-11-21-37/h1-33H. The van der Waals surface area contributed by atoms with Gasteiger partial charge in [0.25, 0.3) is 0 Å². The zero-order valence-corrected chi connectivity index (χ0v) is 30.6. The van der Waals surface area contributed by atoms with Crippen LogP contribution in [0, 0.1) is 0 Å². The van der Waals surface area contributed by atoms with Gasteiger partial charge < -0.3 is 0 Å². The number of aromatic nitrogens is 3. The maximum atomic E-state index is 5.23. The molecule has 0 N–H and O–H groups in total. The van der Waals surface area contributed by atoms with Gasteiger partial charge in [-0.05, 0) is 57.1 Å². The van der Waals surface area contributed by atoms with Gasteiger partial charge in [-0.15, -0.1) is 11.3 Å². The van der Waals surface area contributed by atoms with Crippen LogP contribution in [0.4, 0.5) is 0 Å². The highest BCUT2D eigenvalue weighted by atomic mass is 32.1. The highest BCUT2D eigenvalue weighted by Crippen LogP contribution is 2.49. The molecule has 0 aliphatic carbocycles. The molecule has 3 nitrogen and oxygen atoms in total. The first-order valence-corrected chi connectivity index (χ1v) is 19.3. The van der Waals surface area contributed by atoms with Gasteiger partial charge in [-0.25, -0.2) is 15.0 Å². The van der Waals surface area contributed by atoms with E-state index in [1.165, 1.54) is 53.7 Å². The zero-order chi connectivity index (χ0) is 36.6. The first-order valence-electron chi connectivity index (χ1n) is 18.4. The van der Waals surface area contributed by atoms with Crippen molar-refractivity contribution in [2.24, 2.45) is 0 Å². The fourth-order valence-corrected chi connectivity index (χ4v) is 8.81. The van der Waals surface area contributed by atoms with Gasteiger partial charge in [-0.2, -0.15) is 0 Å². The minimum absolute atomic E-state index is 0.646. The molecular formula is C51H33N3S. The molecule has 2 heterocycles. The summed E-state index contributed by atoms with van der Waals surface area (Å²) in [6.07, 6.45) is 0. The Hall–Kier alpha value is -7.01. The summed E-state index contributed by atoms with van der Waals surface area (Å²) in [6, 6.07) is 70.5. The maximum Gasteiger partial charge on any atom is 0.164 e. The summed E-state index contributed by atoms with van der Waals surface area (Å²) in [5.74, 6) is 1.94. The van der Waals surface area contributed by atoms with E-state index in [0.29, 0.717) is 17.5 Å². The molecule has 0 aliphatic rings. The van der Waals surface area contributed by atoms with Crippen LogP contribution in [0.3, 0.4) is 0 Å². The van der Waals surface area contributed by atoms with Crippen LogP contribution in [0.1, 0.15) is 0 Å². The maximum absolute atomic E-state index is 5.23. The summed E-state index contributed by atoms with van der Waals surface area (Å²) >= 11 is 1.85. The largest absolute Gasteiger partial charge is 0.208 e. The molecule has 0 radical (unpaired) electrons. The topological polar surface area (TPSA) is 38.7 Å².